The lowest BCUT2D eigenvalue weighted by molar-refractivity contribution is -0.137. The molecular weight excluding hydrogens is 360 g/mol. The van der Waals surface area contributed by atoms with Crippen molar-refractivity contribution in [3.05, 3.63) is 30.0 Å². The molecule has 1 aromatic heterocycles. The van der Waals surface area contributed by atoms with E-state index in [0.717, 1.165) is 10.8 Å². The highest BCUT2D eigenvalue weighted by atomic mass is 16.5. The van der Waals surface area contributed by atoms with Crippen molar-refractivity contribution in [1.29, 1.82) is 5.26 Å². The summed E-state index contributed by atoms with van der Waals surface area (Å²) in [6, 6.07) is 7.04. The molecular formula is C20H22N4O4. The van der Waals surface area contributed by atoms with E-state index < -0.39 is 5.91 Å². The Morgan fingerprint density at radius 3 is 2.79 bits per heavy atom. The van der Waals surface area contributed by atoms with Gasteiger partial charge in [0.2, 0.25) is 11.8 Å². The summed E-state index contributed by atoms with van der Waals surface area (Å²) in [5.74, 6) is 0.301. The van der Waals surface area contributed by atoms with Crippen LogP contribution < -0.4 is 15.2 Å². The van der Waals surface area contributed by atoms with E-state index >= 15 is 0 Å². The summed E-state index contributed by atoms with van der Waals surface area (Å²) >= 11 is 0. The predicted octanol–water partition coefficient (Wildman–Crippen LogP) is 1.87. The molecule has 3 rings (SSSR count). The molecule has 0 spiro atoms. The Bertz CT molecular complexity index is 945. The fourth-order valence-electron chi connectivity index (χ4n) is 3.09. The molecule has 1 fully saturated rings. The molecule has 28 heavy (non-hydrogen) atoms. The number of likely N-dealkylation sites (tertiary alicyclic amines) is 1. The standard InChI is InChI=1S/C20H22N4O4/c1-12(2)28-17-8-15-14(7-16(17)19(22)26)4-6-23-20(15)27-11-13-9-24(10-13)18(25)3-5-21/h4,6-8,12-13H,3,9-11H2,1-2H3,(H2,22,26). The summed E-state index contributed by atoms with van der Waals surface area (Å²) < 4.78 is 11.6. The van der Waals surface area contributed by atoms with Gasteiger partial charge in [-0.3, -0.25) is 9.59 Å². The molecule has 1 aliphatic rings. The second-order valence-electron chi connectivity index (χ2n) is 7.03. The van der Waals surface area contributed by atoms with Crippen molar-refractivity contribution in [2.75, 3.05) is 19.7 Å². The van der Waals surface area contributed by atoms with E-state index in [9.17, 15) is 9.59 Å². The molecule has 8 nitrogen and oxygen atoms in total. The van der Waals surface area contributed by atoms with Gasteiger partial charge in [0.05, 0.1) is 24.3 Å². The molecule has 1 saturated heterocycles. The van der Waals surface area contributed by atoms with Crippen molar-refractivity contribution in [2.45, 2.75) is 26.4 Å². The molecule has 2 N–H and O–H groups in total. The van der Waals surface area contributed by atoms with Crippen LogP contribution in [0.25, 0.3) is 10.8 Å². The van der Waals surface area contributed by atoms with Crippen LogP contribution in [0.15, 0.2) is 24.4 Å². The summed E-state index contributed by atoms with van der Waals surface area (Å²) in [5, 5.41) is 10.1. The second kappa shape index (κ2) is 8.13. The third-order valence-electron chi connectivity index (χ3n) is 4.45. The Balaban J connectivity index is 1.76. The van der Waals surface area contributed by atoms with Gasteiger partial charge in [0.25, 0.3) is 5.91 Å². The van der Waals surface area contributed by atoms with Crippen molar-refractivity contribution in [2.24, 2.45) is 11.7 Å². The minimum absolute atomic E-state index is 0.0979. The van der Waals surface area contributed by atoms with Crippen LogP contribution in [0.4, 0.5) is 0 Å². The minimum atomic E-state index is -0.562. The zero-order valence-corrected chi connectivity index (χ0v) is 15.8. The van der Waals surface area contributed by atoms with E-state index in [1.54, 1.807) is 29.3 Å². The molecule has 0 radical (unpaired) electrons. The molecule has 0 bridgehead atoms. The zero-order valence-electron chi connectivity index (χ0n) is 15.8. The Labute approximate surface area is 162 Å². The van der Waals surface area contributed by atoms with Crippen LogP contribution in [-0.2, 0) is 4.79 Å². The number of nitrogens with two attached hydrogens (primary N) is 1. The average Bonchev–Trinajstić information content (AvgIpc) is 2.59. The molecule has 0 unspecified atom stereocenters. The van der Waals surface area contributed by atoms with Crippen LogP contribution in [-0.4, -0.2) is 47.5 Å². The third-order valence-corrected chi connectivity index (χ3v) is 4.45. The maximum atomic E-state index is 11.8. The molecule has 8 heteroatoms. The van der Waals surface area contributed by atoms with Crippen molar-refractivity contribution in [3.63, 3.8) is 0 Å². The largest absolute Gasteiger partial charge is 0.490 e. The fourth-order valence-corrected chi connectivity index (χ4v) is 3.09. The highest BCUT2D eigenvalue weighted by Gasteiger charge is 2.31. The van der Waals surface area contributed by atoms with Gasteiger partial charge in [0.1, 0.15) is 12.2 Å². The lowest BCUT2D eigenvalue weighted by Gasteiger charge is -2.38. The maximum absolute atomic E-state index is 11.8. The van der Waals surface area contributed by atoms with Crippen LogP contribution in [0.5, 0.6) is 11.6 Å². The molecule has 1 aliphatic heterocycles. The summed E-state index contributed by atoms with van der Waals surface area (Å²) in [7, 11) is 0. The predicted molar refractivity (Wildman–Crippen MR) is 102 cm³/mol. The first kappa shape index (κ1) is 19.4. The molecule has 0 saturated carbocycles. The molecule has 0 atom stereocenters. The molecule has 2 heterocycles. The smallest absolute Gasteiger partial charge is 0.252 e. The van der Waals surface area contributed by atoms with Crippen LogP contribution in [0, 0.1) is 17.2 Å². The average molecular weight is 382 g/mol. The SMILES string of the molecule is CC(C)Oc1cc2c(OCC3CN(C(=O)CC#N)C3)nccc2cc1C(N)=O. The molecule has 1 aromatic carbocycles. The van der Waals surface area contributed by atoms with Crippen molar-refractivity contribution in [3.8, 4) is 17.7 Å². The van der Waals surface area contributed by atoms with Crippen LogP contribution >= 0.6 is 0 Å². The van der Waals surface area contributed by atoms with Gasteiger partial charge in [0, 0.05) is 30.6 Å². The van der Waals surface area contributed by atoms with E-state index in [0.29, 0.717) is 36.9 Å². The number of nitrogens with zero attached hydrogens (tertiary/aromatic N) is 3. The lowest BCUT2D eigenvalue weighted by Crippen LogP contribution is -2.51. The van der Waals surface area contributed by atoms with E-state index in [1.165, 1.54) is 0 Å². The highest BCUT2D eigenvalue weighted by Crippen LogP contribution is 2.32. The number of carbonyl (C=O) groups is 2. The van der Waals surface area contributed by atoms with Gasteiger partial charge in [-0.25, -0.2) is 4.98 Å². The van der Waals surface area contributed by atoms with Gasteiger partial charge in [-0.2, -0.15) is 5.26 Å². The third kappa shape index (κ3) is 4.14. The number of hydrogen-bond donors (Lipinski definition) is 1. The lowest BCUT2D eigenvalue weighted by atomic mass is 10.0. The number of aromatic nitrogens is 1. The summed E-state index contributed by atoms with van der Waals surface area (Å²) in [6.07, 6.45) is 1.39. The number of benzene rings is 1. The number of pyridine rings is 1. The Kier molecular flexibility index (Phi) is 5.64. The van der Waals surface area contributed by atoms with Gasteiger partial charge in [-0.15, -0.1) is 0 Å². The van der Waals surface area contributed by atoms with Crippen molar-refractivity contribution >= 4 is 22.6 Å². The normalized spacial score (nSPS) is 13.9. The first-order valence-corrected chi connectivity index (χ1v) is 9.05. The maximum Gasteiger partial charge on any atom is 0.252 e. The number of amides is 2. The van der Waals surface area contributed by atoms with Crippen molar-refractivity contribution < 1.29 is 19.1 Å². The summed E-state index contributed by atoms with van der Waals surface area (Å²) in [4.78, 5) is 29.3. The number of primary amides is 1. The highest BCUT2D eigenvalue weighted by molar-refractivity contribution is 6.01. The van der Waals surface area contributed by atoms with E-state index in [2.05, 4.69) is 4.98 Å². The van der Waals surface area contributed by atoms with Crippen LogP contribution in [0.1, 0.15) is 30.6 Å². The summed E-state index contributed by atoms with van der Waals surface area (Å²) in [5.41, 5.74) is 5.79. The minimum Gasteiger partial charge on any atom is -0.490 e. The Hall–Kier alpha value is -3.34. The van der Waals surface area contributed by atoms with Crippen LogP contribution in [0.3, 0.4) is 0 Å². The number of fused-ring (bicyclic) bond motifs is 1. The van der Waals surface area contributed by atoms with Crippen LogP contribution in [0.2, 0.25) is 0 Å². The van der Waals surface area contributed by atoms with Gasteiger partial charge >= 0.3 is 0 Å². The fraction of sp³-hybridized carbons (Fsp3) is 0.400. The van der Waals surface area contributed by atoms with Gasteiger partial charge in [-0.05, 0) is 37.4 Å². The number of carbonyl (C=O) groups excluding carboxylic acids is 2. The molecule has 0 aliphatic carbocycles. The van der Waals surface area contributed by atoms with E-state index in [1.807, 2.05) is 19.9 Å². The zero-order chi connectivity index (χ0) is 20.3. The van der Waals surface area contributed by atoms with E-state index in [4.69, 9.17) is 20.5 Å². The molecule has 2 amide bonds. The second-order valence-corrected chi connectivity index (χ2v) is 7.03. The first-order chi connectivity index (χ1) is 13.4. The summed E-state index contributed by atoms with van der Waals surface area (Å²) in [6.45, 7) is 5.27. The molecule has 146 valence electrons. The Morgan fingerprint density at radius 1 is 1.39 bits per heavy atom. The van der Waals surface area contributed by atoms with E-state index in [-0.39, 0.29) is 24.3 Å². The van der Waals surface area contributed by atoms with Gasteiger partial charge in [0.15, 0.2) is 0 Å². The Morgan fingerprint density at radius 2 is 2.14 bits per heavy atom. The quantitative estimate of drug-likeness (QED) is 0.781. The molecule has 2 aromatic rings. The monoisotopic (exact) mass is 382 g/mol. The van der Waals surface area contributed by atoms with Crippen molar-refractivity contribution in [1.82, 2.24) is 9.88 Å². The van der Waals surface area contributed by atoms with Gasteiger partial charge < -0.3 is 20.1 Å². The topological polar surface area (TPSA) is 119 Å². The first-order valence-electron chi connectivity index (χ1n) is 9.05. The number of hydrogen-bond acceptors (Lipinski definition) is 6. The number of ether oxygens (including phenoxy) is 2. The number of rotatable bonds is 7. The van der Waals surface area contributed by atoms with Gasteiger partial charge in [-0.1, -0.05) is 0 Å². The number of nitriles is 1.